The molecule has 1 saturated heterocycles. The summed E-state index contributed by atoms with van der Waals surface area (Å²) in [5.74, 6) is 2.00. The first-order valence-corrected chi connectivity index (χ1v) is 8.34. The number of hydrogen-bond acceptors (Lipinski definition) is 6. The van der Waals surface area contributed by atoms with E-state index in [4.69, 9.17) is 4.74 Å². The topological polar surface area (TPSA) is 96.0 Å². The molecule has 1 aliphatic heterocycles. The standard InChI is InChI=1S/C16H22N6O2/c1-9(23)21-12-3-10-5-22(6-11(10)4-13(12)24-2)16-14-15(18-7-17-14)19-8-20-16/h7-8,10-13H,3-6H2,1-2H3,(H,21,23)(H,17,18,19,20)/t10-,11+,12-,13-/m1/s1. The van der Waals surface area contributed by atoms with E-state index < -0.39 is 0 Å². The van der Waals surface area contributed by atoms with Gasteiger partial charge in [-0.3, -0.25) is 4.79 Å². The minimum Gasteiger partial charge on any atom is -0.379 e. The molecule has 0 spiro atoms. The summed E-state index contributed by atoms with van der Waals surface area (Å²) < 4.78 is 5.64. The number of ether oxygens (including phenoxy) is 1. The third-order valence-electron chi connectivity index (χ3n) is 5.31. The van der Waals surface area contributed by atoms with Crippen LogP contribution in [0.15, 0.2) is 12.7 Å². The quantitative estimate of drug-likeness (QED) is 0.861. The van der Waals surface area contributed by atoms with E-state index in [1.807, 2.05) is 0 Å². The molecule has 0 unspecified atom stereocenters. The third kappa shape index (κ3) is 2.60. The second kappa shape index (κ2) is 6.01. The van der Waals surface area contributed by atoms with Crippen LogP contribution in [0.25, 0.3) is 11.2 Å². The van der Waals surface area contributed by atoms with Gasteiger partial charge in [-0.2, -0.15) is 0 Å². The monoisotopic (exact) mass is 330 g/mol. The zero-order valence-electron chi connectivity index (χ0n) is 13.9. The highest BCUT2D eigenvalue weighted by molar-refractivity contribution is 5.82. The van der Waals surface area contributed by atoms with Crippen LogP contribution in [-0.2, 0) is 9.53 Å². The van der Waals surface area contributed by atoms with Crippen molar-refractivity contribution in [3.8, 4) is 0 Å². The summed E-state index contributed by atoms with van der Waals surface area (Å²) in [7, 11) is 1.73. The Morgan fingerprint density at radius 2 is 2.08 bits per heavy atom. The Kier molecular flexibility index (Phi) is 3.84. The van der Waals surface area contributed by atoms with E-state index in [-0.39, 0.29) is 18.1 Å². The van der Waals surface area contributed by atoms with Gasteiger partial charge in [0.05, 0.1) is 18.5 Å². The summed E-state index contributed by atoms with van der Waals surface area (Å²) in [6.45, 7) is 3.44. The maximum absolute atomic E-state index is 11.5. The highest BCUT2D eigenvalue weighted by atomic mass is 16.5. The number of nitrogens with one attached hydrogen (secondary N) is 2. The van der Waals surface area contributed by atoms with E-state index in [2.05, 4.69) is 30.2 Å². The van der Waals surface area contributed by atoms with Gasteiger partial charge in [0.1, 0.15) is 11.8 Å². The van der Waals surface area contributed by atoms with E-state index in [0.29, 0.717) is 17.5 Å². The molecule has 2 aromatic heterocycles. The molecule has 2 fully saturated rings. The van der Waals surface area contributed by atoms with Crippen molar-refractivity contribution in [1.29, 1.82) is 0 Å². The summed E-state index contributed by atoms with van der Waals surface area (Å²) in [6, 6.07) is 0.0891. The molecule has 4 atom stereocenters. The molecule has 0 aromatic carbocycles. The molecular weight excluding hydrogens is 308 g/mol. The zero-order chi connectivity index (χ0) is 16.7. The molecule has 1 amide bonds. The first-order valence-electron chi connectivity index (χ1n) is 8.34. The van der Waals surface area contributed by atoms with E-state index in [9.17, 15) is 4.79 Å². The van der Waals surface area contributed by atoms with Gasteiger partial charge in [-0.05, 0) is 24.7 Å². The van der Waals surface area contributed by atoms with Gasteiger partial charge in [-0.25, -0.2) is 15.0 Å². The van der Waals surface area contributed by atoms with Gasteiger partial charge in [0.25, 0.3) is 0 Å². The van der Waals surface area contributed by atoms with Crippen LogP contribution in [-0.4, -0.2) is 58.2 Å². The van der Waals surface area contributed by atoms with E-state index >= 15 is 0 Å². The predicted molar refractivity (Wildman–Crippen MR) is 88.5 cm³/mol. The number of carbonyl (C=O) groups excluding carboxylic acids is 1. The predicted octanol–water partition coefficient (Wildman–Crippen LogP) is 0.719. The van der Waals surface area contributed by atoms with Crippen molar-refractivity contribution in [2.24, 2.45) is 11.8 Å². The lowest BCUT2D eigenvalue weighted by Gasteiger charge is -2.37. The van der Waals surface area contributed by atoms with Crippen molar-refractivity contribution in [2.75, 3.05) is 25.1 Å². The van der Waals surface area contributed by atoms with Gasteiger partial charge in [-0.15, -0.1) is 0 Å². The van der Waals surface area contributed by atoms with E-state index in [1.165, 1.54) is 0 Å². The summed E-state index contributed by atoms with van der Waals surface area (Å²) in [5, 5.41) is 3.05. The Bertz CT molecular complexity index is 747. The minimum atomic E-state index is 0.00493. The molecule has 1 saturated carbocycles. The van der Waals surface area contributed by atoms with Crippen LogP contribution in [0.1, 0.15) is 19.8 Å². The fourth-order valence-electron chi connectivity index (χ4n) is 4.25. The molecule has 4 rings (SSSR count). The lowest BCUT2D eigenvalue weighted by molar-refractivity contribution is -0.121. The average molecular weight is 330 g/mol. The third-order valence-corrected chi connectivity index (χ3v) is 5.31. The number of imidazole rings is 1. The highest BCUT2D eigenvalue weighted by Crippen LogP contribution is 2.39. The lowest BCUT2D eigenvalue weighted by atomic mass is 9.77. The van der Waals surface area contributed by atoms with Gasteiger partial charge in [0, 0.05) is 27.1 Å². The summed E-state index contributed by atoms with van der Waals surface area (Å²) in [5.41, 5.74) is 1.58. The maximum Gasteiger partial charge on any atom is 0.217 e. The van der Waals surface area contributed by atoms with Crippen molar-refractivity contribution in [3.05, 3.63) is 12.7 Å². The summed E-state index contributed by atoms with van der Waals surface area (Å²) >= 11 is 0. The van der Waals surface area contributed by atoms with Crippen LogP contribution in [0.3, 0.4) is 0 Å². The maximum atomic E-state index is 11.5. The second-order valence-electron chi connectivity index (χ2n) is 6.78. The normalized spacial score (nSPS) is 29.7. The lowest BCUT2D eigenvalue weighted by Crippen LogP contribution is -2.49. The number of rotatable bonds is 3. The van der Waals surface area contributed by atoms with Gasteiger partial charge in [-0.1, -0.05) is 0 Å². The number of amides is 1. The molecule has 2 aliphatic rings. The number of fused-ring (bicyclic) bond motifs is 2. The molecule has 2 N–H and O–H groups in total. The first-order chi connectivity index (χ1) is 11.7. The molecule has 8 heteroatoms. The highest BCUT2D eigenvalue weighted by Gasteiger charge is 2.43. The van der Waals surface area contributed by atoms with Crippen molar-refractivity contribution < 1.29 is 9.53 Å². The Hall–Kier alpha value is -2.22. The molecule has 1 aliphatic carbocycles. The average Bonchev–Trinajstić information content (AvgIpc) is 3.19. The molecule has 0 bridgehead atoms. The Morgan fingerprint density at radius 1 is 1.29 bits per heavy atom. The van der Waals surface area contributed by atoms with Gasteiger partial charge in [0.15, 0.2) is 11.5 Å². The number of aromatic amines is 1. The first kappa shape index (κ1) is 15.3. The Morgan fingerprint density at radius 3 is 2.83 bits per heavy atom. The number of methoxy groups -OCH3 is 1. The molecule has 2 aromatic rings. The van der Waals surface area contributed by atoms with Crippen LogP contribution >= 0.6 is 0 Å². The number of hydrogen-bond donors (Lipinski definition) is 2. The van der Waals surface area contributed by atoms with Crippen LogP contribution in [0.4, 0.5) is 5.82 Å². The van der Waals surface area contributed by atoms with Crippen molar-refractivity contribution in [1.82, 2.24) is 25.3 Å². The summed E-state index contributed by atoms with van der Waals surface area (Å²) in [4.78, 5) is 29.8. The molecule has 8 nitrogen and oxygen atoms in total. The minimum absolute atomic E-state index is 0.00493. The van der Waals surface area contributed by atoms with Crippen molar-refractivity contribution in [2.45, 2.75) is 31.9 Å². The number of carbonyl (C=O) groups is 1. The van der Waals surface area contributed by atoms with Crippen LogP contribution in [0.5, 0.6) is 0 Å². The largest absolute Gasteiger partial charge is 0.379 e. The molecule has 3 heterocycles. The van der Waals surface area contributed by atoms with Gasteiger partial charge < -0.3 is 19.9 Å². The number of H-pyrrole nitrogens is 1. The van der Waals surface area contributed by atoms with Gasteiger partial charge in [0.2, 0.25) is 5.91 Å². The van der Waals surface area contributed by atoms with Crippen molar-refractivity contribution >= 4 is 22.9 Å². The number of aromatic nitrogens is 4. The van der Waals surface area contributed by atoms with Crippen LogP contribution in [0, 0.1) is 11.8 Å². The molecule has 0 radical (unpaired) electrons. The number of nitrogens with zero attached hydrogens (tertiary/aromatic N) is 4. The smallest absolute Gasteiger partial charge is 0.217 e. The zero-order valence-corrected chi connectivity index (χ0v) is 13.9. The van der Waals surface area contributed by atoms with Gasteiger partial charge >= 0.3 is 0 Å². The Labute approximate surface area is 140 Å². The SMILES string of the molecule is CO[C@@H]1C[C@H]2CN(c3ncnc4nc[nH]c34)C[C@H]2C[C@H]1NC(C)=O. The molecular formula is C16H22N6O2. The number of anilines is 1. The summed E-state index contributed by atoms with van der Waals surface area (Å²) in [6.07, 6.45) is 5.20. The molecule has 24 heavy (non-hydrogen) atoms. The Balaban J connectivity index is 1.55. The van der Waals surface area contributed by atoms with Crippen LogP contribution in [0.2, 0.25) is 0 Å². The fourth-order valence-corrected chi connectivity index (χ4v) is 4.25. The van der Waals surface area contributed by atoms with E-state index in [0.717, 1.165) is 37.3 Å². The second-order valence-corrected chi connectivity index (χ2v) is 6.78. The molecule has 128 valence electrons. The van der Waals surface area contributed by atoms with Crippen LogP contribution < -0.4 is 10.2 Å². The van der Waals surface area contributed by atoms with E-state index in [1.54, 1.807) is 26.7 Å². The van der Waals surface area contributed by atoms with Crippen molar-refractivity contribution in [3.63, 3.8) is 0 Å². The fraction of sp³-hybridized carbons (Fsp3) is 0.625.